The van der Waals surface area contributed by atoms with E-state index in [-0.39, 0.29) is 11.8 Å². The summed E-state index contributed by atoms with van der Waals surface area (Å²) in [7, 11) is 0. The topological polar surface area (TPSA) is 40.6 Å². The highest BCUT2D eigenvalue weighted by Gasteiger charge is 2.59. The Morgan fingerprint density at radius 1 is 1.03 bits per heavy atom. The van der Waals surface area contributed by atoms with Gasteiger partial charge in [-0.25, -0.2) is 0 Å². The maximum absolute atomic E-state index is 14.1. The SMILES string of the molecule is Cc1ccc(C(=O)N2CCS[C@]23C(=O)N(Cc2ccccc2Cl)c2ccc(C)cc23)cc1. The molecule has 0 radical (unpaired) electrons. The predicted molar refractivity (Wildman–Crippen MR) is 130 cm³/mol. The van der Waals surface area contributed by atoms with E-state index in [0.717, 1.165) is 27.9 Å². The van der Waals surface area contributed by atoms with E-state index in [9.17, 15) is 9.59 Å². The molecule has 0 bridgehead atoms. The van der Waals surface area contributed by atoms with Crippen LogP contribution in [0.5, 0.6) is 0 Å². The number of thioether (sulfide) groups is 1. The van der Waals surface area contributed by atoms with Crippen LogP contribution in [0.3, 0.4) is 0 Å². The van der Waals surface area contributed by atoms with Gasteiger partial charge in [0.25, 0.3) is 11.8 Å². The zero-order valence-corrected chi connectivity index (χ0v) is 19.5. The van der Waals surface area contributed by atoms with Gasteiger partial charge in [-0.15, -0.1) is 11.8 Å². The summed E-state index contributed by atoms with van der Waals surface area (Å²) < 4.78 is 0. The molecular formula is C26H23ClN2O2S. The van der Waals surface area contributed by atoms with Gasteiger partial charge in [-0.1, -0.05) is 65.2 Å². The summed E-state index contributed by atoms with van der Waals surface area (Å²) >= 11 is 7.96. The van der Waals surface area contributed by atoms with Gasteiger partial charge in [-0.05, 0) is 43.7 Å². The molecule has 1 spiro atoms. The van der Waals surface area contributed by atoms with Gasteiger partial charge in [-0.3, -0.25) is 9.59 Å². The Morgan fingerprint density at radius 2 is 1.75 bits per heavy atom. The van der Waals surface area contributed by atoms with Gasteiger partial charge in [-0.2, -0.15) is 0 Å². The molecule has 0 saturated carbocycles. The number of nitrogens with zero attached hydrogens (tertiary/aromatic N) is 2. The van der Waals surface area contributed by atoms with Gasteiger partial charge in [0.05, 0.1) is 12.2 Å². The van der Waals surface area contributed by atoms with Gasteiger partial charge in [0.15, 0.2) is 4.87 Å². The number of benzene rings is 3. The molecular weight excluding hydrogens is 440 g/mol. The average molecular weight is 463 g/mol. The molecule has 3 aromatic carbocycles. The molecule has 2 amide bonds. The van der Waals surface area contributed by atoms with Crippen molar-refractivity contribution in [3.63, 3.8) is 0 Å². The minimum absolute atomic E-state index is 0.0824. The quantitative estimate of drug-likeness (QED) is 0.512. The fourth-order valence-corrected chi connectivity index (χ4v) is 6.18. The van der Waals surface area contributed by atoms with Crippen LogP contribution < -0.4 is 4.90 Å². The zero-order valence-electron chi connectivity index (χ0n) is 18.0. The number of carbonyl (C=O) groups excluding carboxylic acids is 2. The number of carbonyl (C=O) groups is 2. The summed E-state index contributed by atoms with van der Waals surface area (Å²) in [5, 5.41) is 0.626. The van der Waals surface area contributed by atoms with Crippen molar-refractivity contribution in [1.29, 1.82) is 0 Å². The van der Waals surface area contributed by atoms with Crippen molar-refractivity contribution < 1.29 is 9.59 Å². The third kappa shape index (κ3) is 3.23. The normalized spacial score (nSPS) is 19.7. The van der Waals surface area contributed by atoms with E-state index in [1.807, 2.05) is 80.6 Å². The summed E-state index contributed by atoms with van der Waals surface area (Å²) in [4.78, 5) is 30.2. The van der Waals surface area contributed by atoms with Crippen molar-refractivity contribution in [2.75, 3.05) is 17.2 Å². The number of fused-ring (bicyclic) bond motifs is 2. The molecule has 1 saturated heterocycles. The van der Waals surface area contributed by atoms with Crippen molar-refractivity contribution in [2.24, 2.45) is 0 Å². The minimum Gasteiger partial charge on any atom is -0.311 e. The second kappa shape index (κ2) is 7.98. The van der Waals surface area contributed by atoms with Crippen LogP contribution in [-0.2, 0) is 16.2 Å². The molecule has 6 heteroatoms. The third-order valence-corrected chi connectivity index (χ3v) is 7.97. The van der Waals surface area contributed by atoms with Gasteiger partial charge in [0.1, 0.15) is 0 Å². The minimum atomic E-state index is -1.05. The molecule has 1 atom stereocenters. The smallest absolute Gasteiger partial charge is 0.268 e. The molecule has 0 N–H and O–H groups in total. The van der Waals surface area contributed by atoms with Gasteiger partial charge in [0, 0.05) is 28.4 Å². The van der Waals surface area contributed by atoms with Crippen LogP contribution in [0, 0.1) is 13.8 Å². The molecule has 162 valence electrons. The predicted octanol–water partition coefficient (Wildman–Crippen LogP) is 5.55. The molecule has 4 nitrogen and oxygen atoms in total. The molecule has 32 heavy (non-hydrogen) atoms. The van der Waals surface area contributed by atoms with Gasteiger partial charge >= 0.3 is 0 Å². The fourth-order valence-electron chi connectivity index (χ4n) is 4.54. The van der Waals surface area contributed by atoms with Crippen molar-refractivity contribution in [3.05, 3.63) is 99.6 Å². The van der Waals surface area contributed by atoms with Crippen LogP contribution in [0.4, 0.5) is 5.69 Å². The summed E-state index contributed by atoms with van der Waals surface area (Å²) in [6.45, 7) is 4.90. The molecule has 2 aliphatic rings. The molecule has 0 unspecified atom stereocenters. The Kier molecular flexibility index (Phi) is 5.26. The van der Waals surface area contributed by atoms with E-state index in [4.69, 9.17) is 11.6 Å². The fraction of sp³-hybridized carbons (Fsp3) is 0.231. The van der Waals surface area contributed by atoms with E-state index in [1.165, 1.54) is 0 Å². The van der Waals surface area contributed by atoms with Crippen LogP contribution in [0.25, 0.3) is 0 Å². The standard InChI is InChI=1S/C26H23ClN2O2S/c1-17-7-10-19(11-8-17)24(30)29-13-14-32-26(29)21-15-18(2)9-12-23(21)28(25(26)31)16-20-5-3-4-6-22(20)27/h3-12,15H,13-14,16H2,1-2H3/t26-/m1/s1. The first-order valence-electron chi connectivity index (χ1n) is 10.6. The molecule has 2 aliphatic heterocycles. The first-order valence-corrected chi connectivity index (χ1v) is 12.0. The lowest BCUT2D eigenvalue weighted by Crippen LogP contribution is -2.50. The Balaban J connectivity index is 1.60. The Morgan fingerprint density at radius 3 is 2.50 bits per heavy atom. The van der Waals surface area contributed by atoms with Crippen LogP contribution in [-0.4, -0.2) is 29.0 Å². The Bertz CT molecular complexity index is 1230. The highest BCUT2D eigenvalue weighted by molar-refractivity contribution is 8.01. The molecule has 3 aromatic rings. The summed E-state index contributed by atoms with van der Waals surface area (Å²) in [6.07, 6.45) is 0. The van der Waals surface area contributed by atoms with Crippen molar-refractivity contribution in [3.8, 4) is 0 Å². The highest BCUT2D eigenvalue weighted by Crippen LogP contribution is 2.55. The van der Waals surface area contributed by atoms with E-state index in [0.29, 0.717) is 29.4 Å². The van der Waals surface area contributed by atoms with E-state index >= 15 is 0 Å². The number of rotatable bonds is 3. The number of anilines is 1. The second-order valence-electron chi connectivity index (χ2n) is 8.32. The molecule has 1 fully saturated rings. The number of hydrogen-bond donors (Lipinski definition) is 0. The third-order valence-electron chi connectivity index (χ3n) is 6.18. The lowest BCUT2D eigenvalue weighted by molar-refractivity contribution is -0.123. The van der Waals surface area contributed by atoms with Crippen LogP contribution in [0.15, 0.2) is 66.7 Å². The molecule has 0 aromatic heterocycles. The number of halogens is 1. The zero-order chi connectivity index (χ0) is 22.5. The van der Waals surface area contributed by atoms with Crippen molar-refractivity contribution >= 4 is 40.9 Å². The van der Waals surface area contributed by atoms with E-state index in [2.05, 4.69) is 0 Å². The Hall–Kier alpha value is -2.76. The number of aryl methyl sites for hydroxylation is 2. The number of amides is 2. The van der Waals surface area contributed by atoms with Crippen LogP contribution in [0.2, 0.25) is 5.02 Å². The van der Waals surface area contributed by atoms with Gasteiger partial charge in [0.2, 0.25) is 0 Å². The lowest BCUT2D eigenvalue weighted by atomic mass is 10.0. The largest absolute Gasteiger partial charge is 0.311 e. The second-order valence-corrected chi connectivity index (χ2v) is 10.0. The summed E-state index contributed by atoms with van der Waals surface area (Å²) in [6, 6.07) is 21.2. The average Bonchev–Trinajstić information content (AvgIpc) is 3.32. The van der Waals surface area contributed by atoms with Gasteiger partial charge < -0.3 is 9.80 Å². The van der Waals surface area contributed by atoms with Crippen molar-refractivity contribution in [2.45, 2.75) is 25.3 Å². The molecule has 0 aliphatic carbocycles. The number of hydrogen-bond acceptors (Lipinski definition) is 3. The van der Waals surface area contributed by atoms with E-state index < -0.39 is 4.87 Å². The summed E-state index contributed by atoms with van der Waals surface area (Å²) in [5.74, 6) is 0.507. The monoisotopic (exact) mass is 462 g/mol. The molecule has 2 heterocycles. The van der Waals surface area contributed by atoms with E-state index in [1.54, 1.807) is 21.6 Å². The lowest BCUT2D eigenvalue weighted by Gasteiger charge is -2.33. The van der Waals surface area contributed by atoms with Crippen LogP contribution in [0.1, 0.15) is 32.6 Å². The maximum atomic E-state index is 14.1. The molecule has 5 rings (SSSR count). The Labute approximate surface area is 197 Å². The maximum Gasteiger partial charge on any atom is 0.268 e. The first kappa shape index (κ1) is 21.1. The first-order chi connectivity index (χ1) is 15.4. The summed E-state index contributed by atoms with van der Waals surface area (Å²) in [5.41, 5.74) is 5.37. The van der Waals surface area contributed by atoms with Crippen molar-refractivity contribution in [1.82, 2.24) is 4.90 Å². The highest BCUT2D eigenvalue weighted by atomic mass is 35.5. The van der Waals surface area contributed by atoms with Crippen LogP contribution >= 0.6 is 23.4 Å².